The van der Waals surface area contributed by atoms with Crippen LogP contribution in [0.2, 0.25) is 0 Å². The van der Waals surface area contributed by atoms with Gasteiger partial charge in [-0.3, -0.25) is 4.99 Å². The lowest BCUT2D eigenvalue weighted by molar-refractivity contribution is 0.473. The highest BCUT2D eigenvalue weighted by Crippen LogP contribution is 2.24. The zero-order valence-electron chi connectivity index (χ0n) is 17.0. The lowest BCUT2D eigenvalue weighted by atomic mass is 9.84. The van der Waals surface area contributed by atoms with Gasteiger partial charge in [-0.25, -0.2) is 12.8 Å². The molecule has 0 aromatic heterocycles. The average molecular weight is 406 g/mol. The average Bonchev–Trinajstić information content (AvgIpc) is 2.61. The van der Waals surface area contributed by atoms with Crippen LogP contribution in [0.4, 0.5) is 4.39 Å². The van der Waals surface area contributed by atoms with Crippen LogP contribution in [0.3, 0.4) is 0 Å². The molecule has 0 aliphatic rings. The number of nitrogens with zero attached hydrogens (tertiary/aromatic N) is 1. The first-order valence-corrected chi connectivity index (χ1v) is 10.9. The third kappa shape index (κ3) is 5.55. The smallest absolute Gasteiger partial charge is 0.191 e. The molecule has 0 heterocycles. The molecule has 2 N–H and O–H groups in total. The quantitative estimate of drug-likeness (QED) is 0.572. The van der Waals surface area contributed by atoms with Crippen LogP contribution in [0.25, 0.3) is 0 Å². The summed E-state index contributed by atoms with van der Waals surface area (Å²) in [6, 6.07) is 12.0. The Balaban J connectivity index is 2.00. The van der Waals surface area contributed by atoms with E-state index in [0.717, 1.165) is 5.56 Å². The molecule has 0 aliphatic heterocycles. The number of aryl methyl sites for hydroxylation is 1. The normalized spacial score (nSPS) is 12.7. The van der Waals surface area contributed by atoms with E-state index < -0.39 is 15.3 Å². The summed E-state index contributed by atoms with van der Waals surface area (Å²) in [6.07, 6.45) is 1.20. The van der Waals surface area contributed by atoms with Gasteiger partial charge in [0.05, 0.1) is 4.90 Å². The van der Waals surface area contributed by atoms with E-state index >= 15 is 0 Å². The Morgan fingerprint density at radius 3 is 2.39 bits per heavy atom. The van der Waals surface area contributed by atoms with Crippen molar-refractivity contribution in [1.29, 1.82) is 0 Å². The molecule has 0 fully saturated rings. The standard InChI is InChI=1S/C21H28FN3O2S/c1-15-12-16(10-11-19(15)28(5,26)27)13-24-20(23-4)25-14-21(2,3)17-8-6-7-9-18(17)22/h6-12H,13-14H2,1-5H3,(H2,23,24,25). The largest absolute Gasteiger partial charge is 0.356 e. The third-order valence-electron chi connectivity index (χ3n) is 4.62. The molecule has 0 saturated heterocycles. The van der Waals surface area contributed by atoms with Crippen LogP contribution in [0, 0.1) is 12.7 Å². The number of guanidine groups is 1. The second kappa shape index (κ2) is 8.73. The summed E-state index contributed by atoms with van der Waals surface area (Å²) in [6.45, 7) is 6.71. The van der Waals surface area contributed by atoms with E-state index in [1.807, 2.05) is 26.0 Å². The van der Waals surface area contributed by atoms with E-state index in [1.165, 1.54) is 12.3 Å². The van der Waals surface area contributed by atoms with Gasteiger partial charge in [0, 0.05) is 31.8 Å². The van der Waals surface area contributed by atoms with Crippen LogP contribution in [0.5, 0.6) is 0 Å². The van der Waals surface area contributed by atoms with E-state index in [0.29, 0.717) is 35.1 Å². The van der Waals surface area contributed by atoms with E-state index in [1.54, 1.807) is 38.2 Å². The minimum Gasteiger partial charge on any atom is -0.356 e. The Kier molecular flexibility index (Phi) is 6.82. The molecule has 2 rings (SSSR count). The van der Waals surface area contributed by atoms with Crippen molar-refractivity contribution in [1.82, 2.24) is 10.6 Å². The maximum absolute atomic E-state index is 14.1. The molecular weight excluding hydrogens is 377 g/mol. The van der Waals surface area contributed by atoms with Crippen molar-refractivity contribution in [3.05, 3.63) is 65.0 Å². The Morgan fingerprint density at radius 2 is 1.82 bits per heavy atom. The predicted molar refractivity (Wildman–Crippen MR) is 112 cm³/mol. The fourth-order valence-corrected chi connectivity index (χ4v) is 4.01. The highest BCUT2D eigenvalue weighted by molar-refractivity contribution is 7.90. The minimum absolute atomic E-state index is 0.223. The van der Waals surface area contributed by atoms with Gasteiger partial charge < -0.3 is 10.6 Å². The number of hydrogen-bond donors (Lipinski definition) is 2. The molecule has 0 unspecified atom stereocenters. The van der Waals surface area contributed by atoms with Crippen LogP contribution in [-0.4, -0.2) is 34.2 Å². The van der Waals surface area contributed by atoms with Gasteiger partial charge in [-0.2, -0.15) is 0 Å². The van der Waals surface area contributed by atoms with Crippen molar-refractivity contribution < 1.29 is 12.8 Å². The van der Waals surface area contributed by atoms with Crippen molar-refractivity contribution in [3.63, 3.8) is 0 Å². The fraction of sp³-hybridized carbons (Fsp3) is 0.381. The molecule has 2 aromatic rings. The van der Waals surface area contributed by atoms with Gasteiger partial charge in [-0.1, -0.05) is 44.2 Å². The monoisotopic (exact) mass is 405 g/mol. The molecule has 7 heteroatoms. The van der Waals surface area contributed by atoms with Gasteiger partial charge in [0.25, 0.3) is 0 Å². The summed E-state index contributed by atoms with van der Waals surface area (Å²) in [7, 11) is -1.56. The zero-order chi connectivity index (χ0) is 20.9. The molecule has 0 saturated carbocycles. The number of hydrogen-bond acceptors (Lipinski definition) is 3. The topological polar surface area (TPSA) is 70.6 Å². The SMILES string of the molecule is CN=C(NCc1ccc(S(C)(=O)=O)c(C)c1)NCC(C)(C)c1ccccc1F. The molecular formula is C21H28FN3O2S. The maximum atomic E-state index is 14.1. The summed E-state index contributed by atoms with van der Waals surface area (Å²) in [5.74, 6) is 0.368. The van der Waals surface area contributed by atoms with Crippen molar-refractivity contribution in [2.24, 2.45) is 4.99 Å². The lowest BCUT2D eigenvalue weighted by Crippen LogP contribution is -2.43. The number of sulfone groups is 1. The van der Waals surface area contributed by atoms with Gasteiger partial charge in [-0.15, -0.1) is 0 Å². The Bertz CT molecular complexity index is 969. The van der Waals surface area contributed by atoms with Gasteiger partial charge >= 0.3 is 0 Å². The first-order chi connectivity index (χ1) is 13.0. The zero-order valence-corrected chi connectivity index (χ0v) is 17.8. The number of benzene rings is 2. The van der Waals surface area contributed by atoms with Crippen molar-refractivity contribution in [2.75, 3.05) is 19.8 Å². The van der Waals surface area contributed by atoms with Crippen LogP contribution in [-0.2, 0) is 21.8 Å². The molecule has 152 valence electrons. The van der Waals surface area contributed by atoms with Crippen molar-refractivity contribution in [2.45, 2.75) is 37.6 Å². The van der Waals surface area contributed by atoms with E-state index in [2.05, 4.69) is 15.6 Å². The second-order valence-electron chi connectivity index (χ2n) is 7.52. The van der Waals surface area contributed by atoms with Gasteiger partial charge in [0.1, 0.15) is 5.82 Å². The lowest BCUT2D eigenvalue weighted by Gasteiger charge is -2.27. The minimum atomic E-state index is -3.23. The number of aliphatic imine (C=N–C) groups is 1. The molecule has 0 atom stereocenters. The highest BCUT2D eigenvalue weighted by Gasteiger charge is 2.24. The summed E-state index contributed by atoms with van der Waals surface area (Å²) < 4.78 is 37.6. The molecule has 0 bridgehead atoms. The maximum Gasteiger partial charge on any atom is 0.191 e. The Morgan fingerprint density at radius 1 is 1.14 bits per heavy atom. The van der Waals surface area contributed by atoms with E-state index in [9.17, 15) is 12.8 Å². The number of halogens is 1. The second-order valence-corrected chi connectivity index (χ2v) is 9.50. The van der Waals surface area contributed by atoms with Crippen LogP contribution >= 0.6 is 0 Å². The highest BCUT2D eigenvalue weighted by atomic mass is 32.2. The molecule has 2 aromatic carbocycles. The van der Waals surface area contributed by atoms with Crippen LogP contribution < -0.4 is 10.6 Å². The molecule has 5 nitrogen and oxygen atoms in total. The van der Waals surface area contributed by atoms with Gasteiger partial charge in [0.15, 0.2) is 15.8 Å². The molecule has 28 heavy (non-hydrogen) atoms. The Hall–Kier alpha value is -2.41. The predicted octanol–water partition coefficient (Wildman–Crippen LogP) is 3.18. The van der Waals surface area contributed by atoms with Crippen LogP contribution in [0.1, 0.15) is 30.5 Å². The fourth-order valence-electron chi connectivity index (χ4n) is 3.05. The molecule has 0 spiro atoms. The molecule has 0 aliphatic carbocycles. The first-order valence-electron chi connectivity index (χ1n) is 9.04. The summed E-state index contributed by atoms with van der Waals surface area (Å²) in [4.78, 5) is 4.54. The van der Waals surface area contributed by atoms with Crippen molar-refractivity contribution in [3.8, 4) is 0 Å². The summed E-state index contributed by atoms with van der Waals surface area (Å²) >= 11 is 0. The molecule has 0 radical (unpaired) electrons. The number of rotatable bonds is 6. The molecule has 0 amide bonds. The first kappa shape index (κ1) is 21.9. The van der Waals surface area contributed by atoms with Crippen molar-refractivity contribution >= 4 is 15.8 Å². The van der Waals surface area contributed by atoms with E-state index in [4.69, 9.17) is 0 Å². The van der Waals surface area contributed by atoms with Gasteiger partial charge in [-0.05, 0) is 35.7 Å². The summed E-state index contributed by atoms with van der Waals surface area (Å²) in [5, 5.41) is 6.44. The van der Waals surface area contributed by atoms with Crippen LogP contribution in [0.15, 0.2) is 52.4 Å². The summed E-state index contributed by atoms with van der Waals surface area (Å²) in [5.41, 5.74) is 1.88. The number of nitrogens with one attached hydrogen (secondary N) is 2. The van der Waals surface area contributed by atoms with Gasteiger partial charge in [0.2, 0.25) is 0 Å². The van der Waals surface area contributed by atoms with E-state index in [-0.39, 0.29) is 5.82 Å². The Labute approximate surface area is 167 Å². The third-order valence-corrected chi connectivity index (χ3v) is 5.88.